The Kier molecular flexibility index (Phi) is 7.38. The molecule has 0 saturated carbocycles. The molecule has 0 aromatic heterocycles. The number of carbonyl (C=O) groups is 1. The Hall–Kier alpha value is -1.86. The van der Waals surface area contributed by atoms with Gasteiger partial charge in [-0.2, -0.15) is 0 Å². The highest BCUT2D eigenvalue weighted by molar-refractivity contribution is 7.80. The van der Waals surface area contributed by atoms with Crippen LogP contribution in [0.15, 0.2) is 24.3 Å². The minimum absolute atomic E-state index is 0.186. The lowest BCUT2D eigenvalue weighted by Gasteiger charge is -2.11. The highest BCUT2D eigenvalue weighted by atomic mass is 32.1. The van der Waals surface area contributed by atoms with E-state index in [1.165, 1.54) is 0 Å². The number of nitrogens with one attached hydrogen (secondary N) is 3. The summed E-state index contributed by atoms with van der Waals surface area (Å²) in [7, 11) is 3.19. The molecule has 0 spiro atoms. The second kappa shape index (κ2) is 9.11. The van der Waals surface area contributed by atoms with Crippen molar-refractivity contribution in [3.05, 3.63) is 29.8 Å². The molecule has 0 radical (unpaired) electrons. The SMILES string of the molecule is COCCNC(=S)NNC(=O)Cc1cccc(OC)c1. The normalized spacial score (nSPS) is 9.70. The van der Waals surface area contributed by atoms with Gasteiger partial charge in [-0.25, -0.2) is 0 Å². The van der Waals surface area contributed by atoms with Crippen LogP contribution in [-0.2, 0) is 16.0 Å². The number of hydrogen-bond donors (Lipinski definition) is 3. The van der Waals surface area contributed by atoms with E-state index in [9.17, 15) is 4.79 Å². The molecule has 7 heteroatoms. The zero-order valence-corrected chi connectivity index (χ0v) is 12.4. The highest BCUT2D eigenvalue weighted by Crippen LogP contribution is 2.12. The van der Waals surface area contributed by atoms with Crippen LogP contribution in [0.4, 0.5) is 0 Å². The molecule has 0 unspecified atom stereocenters. The summed E-state index contributed by atoms with van der Waals surface area (Å²) in [6.45, 7) is 1.12. The maximum absolute atomic E-state index is 11.7. The van der Waals surface area contributed by atoms with E-state index in [-0.39, 0.29) is 12.3 Å². The maximum Gasteiger partial charge on any atom is 0.242 e. The van der Waals surface area contributed by atoms with Crippen molar-refractivity contribution < 1.29 is 14.3 Å². The van der Waals surface area contributed by atoms with Gasteiger partial charge in [0.05, 0.1) is 20.1 Å². The standard InChI is InChI=1S/C13H19N3O3S/c1-18-7-6-14-13(20)16-15-12(17)9-10-4-3-5-11(8-10)19-2/h3-5,8H,6-7,9H2,1-2H3,(H,15,17)(H2,14,16,20). The minimum Gasteiger partial charge on any atom is -0.497 e. The van der Waals surface area contributed by atoms with Gasteiger partial charge in [0.15, 0.2) is 5.11 Å². The topological polar surface area (TPSA) is 71.6 Å². The third-order valence-electron chi connectivity index (χ3n) is 2.41. The average molecular weight is 297 g/mol. The van der Waals surface area contributed by atoms with Gasteiger partial charge in [0.2, 0.25) is 5.91 Å². The Labute approximate surface area is 123 Å². The Morgan fingerprint density at radius 2 is 2.10 bits per heavy atom. The van der Waals surface area contributed by atoms with Crippen molar-refractivity contribution in [3.8, 4) is 5.75 Å². The van der Waals surface area contributed by atoms with Gasteiger partial charge in [0, 0.05) is 13.7 Å². The molecule has 0 aliphatic heterocycles. The maximum atomic E-state index is 11.7. The summed E-state index contributed by atoms with van der Waals surface area (Å²) in [6, 6.07) is 7.34. The summed E-state index contributed by atoms with van der Waals surface area (Å²) in [4.78, 5) is 11.7. The van der Waals surface area contributed by atoms with Crippen molar-refractivity contribution in [3.63, 3.8) is 0 Å². The smallest absolute Gasteiger partial charge is 0.242 e. The molecule has 6 nitrogen and oxygen atoms in total. The molecule has 1 rings (SSSR count). The van der Waals surface area contributed by atoms with E-state index >= 15 is 0 Å². The molecule has 1 aromatic carbocycles. The van der Waals surface area contributed by atoms with Crippen molar-refractivity contribution in [2.24, 2.45) is 0 Å². The van der Waals surface area contributed by atoms with Gasteiger partial charge in [0.1, 0.15) is 5.75 Å². The van der Waals surface area contributed by atoms with Crippen LogP contribution in [0, 0.1) is 0 Å². The molecule has 0 heterocycles. The summed E-state index contributed by atoms with van der Waals surface area (Å²) >= 11 is 4.98. The first-order valence-electron chi connectivity index (χ1n) is 6.10. The third-order valence-corrected chi connectivity index (χ3v) is 2.65. The van der Waals surface area contributed by atoms with Gasteiger partial charge in [-0.3, -0.25) is 15.6 Å². The second-order valence-electron chi connectivity index (χ2n) is 3.95. The number of hydrazine groups is 1. The lowest BCUT2D eigenvalue weighted by Crippen LogP contribution is -2.47. The average Bonchev–Trinajstić information content (AvgIpc) is 2.45. The second-order valence-corrected chi connectivity index (χ2v) is 4.36. The molecule has 0 bridgehead atoms. The fourth-order valence-electron chi connectivity index (χ4n) is 1.45. The molecular formula is C13H19N3O3S. The summed E-state index contributed by atoms with van der Waals surface area (Å²) in [5.74, 6) is 0.536. The highest BCUT2D eigenvalue weighted by Gasteiger charge is 2.04. The quantitative estimate of drug-likeness (QED) is 0.401. The fourth-order valence-corrected chi connectivity index (χ4v) is 1.60. The van der Waals surface area contributed by atoms with Crippen LogP contribution in [0.2, 0.25) is 0 Å². The third kappa shape index (κ3) is 6.35. The van der Waals surface area contributed by atoms with Crippen LogP contribution in [0.3, 0.4) is 0 Å². The number of rotatable bonds is 6. The van der Waals surface area contributed by atoms with Gasteiger partial charge >= 0.3 is 0 Å². The van der Waals surface area contributed by atoms with E-state index in [0.29, 0.717) is 18.3 Å². The lowest BCUT2D eigenvalue weighted by atomic mass is 10.1. The van der Waals surface area contributed by atoms with Crippen molar-refractivity contribution >= 4 is 23.2 Å². The lowest BCUT2D eigenvalue weighted by molar-refractivity contribution is -0.121. The van der Waals surface area contributed by atoms with Gasteiger partial charge in [-0.05, 0) is 29.9 Å². The van der Waals surface area contributed by atoms with Crippen molar-refractivity contribution in [1.29, 1.82) is 0 Å². The van der Waals surface area contributed by atoms with Crippen LogP contribution >= 0.6 is 12.2 Å². The molecule has 1 amide bonds. The van der Waals surface area contributed by atoms with E-state index < -0.39 is 0 Å². The number of methoxy groups -OCH3 is 2. The largest absolute Gasteiger partial charge is 0.497 e. The molecule has 3 N–H and O–H groups in total. The molecule has 0 aliphatic carbocycles. The number of ether oxygens (including phenoxy) is 2. The summed E-state index contributed by atoms with van der Waals surface area (Å²) in [5, 5.41) is 3.23. The van der Waals surface area contributed by atoms with Gasteiger partial charge in [-0.15, -0.1) is 0 Å². The zero-order valence-electron chi connectivity index (χ0n) is 11.6. The number of thiocarbonyl (C=S) groups is 1. The fraction of sp³-hybridized carbons (Fsp3) is 0.385. The van der Waals surface area contributed by atoms with Gasteiger partial charge in [-0.1, -0.05) is 12.1 Å². The molecule has 110 valence electrons. The molecule has 0 aliphatic rings. The van der Waals surface area contributed by atoms with E-state index in [2.05, 4.69) is 16.2 Å². The van der Waals surface area contributed by atoms with Crippen LogP contribution < -0.4 is 20.9 Å². The number of benzene rings is 1. The van der Waals surface area contributed by atoms with E-state index in [1.807, 2.05) is 24.3 Å². The Morgan fingerprint density at radius 3 is 2.80 bits per heavy atom. The number of amides is 1. The predicted octanol–water partition coefficient (Wildman–Crippen LogP) is 0.379. The zero-order chi connectivity index (χ0) is 14.8. The number of carbonyl (C=O) groups excluding carboxylic acids is 1. The van der Waals surface area contributed by atoms with Gasteiger partial charge in [0.25, 0.3) is 0 Å². The first kappa shape index (κ1) is 16.2. The molecule has 0 atom stereocenters. The van der Waals surface area contributed by atoms with Crippen LogP contribution in [0.5, 0.6) is 5.75 Å². The first-order chi connectivity index (χ1) is 9.65. The Balaban J connectivity index is 2.30. The van der Waals surface area contributed by atoms with Crippen molar-refractivity contribution in [2.45, 2.75) is 6.42 Å². The van der Waals surface area contributed by atoms with E-state index in [1.54, 1.807) is 14.2 Å². The molecule has 0 fully saturated rings. The molecular weight excluding hydrogens is 278 g/mol. The van der Waals surface area contributed by atoms with E-state index in [4.69, 9.17) is 21.7 Å². The summed E-state index contributed by atoms with van der Waals surface area (Å²) in [5.41, 5.74) is 6.01. The molecule has 0 saturated heterocycles. The predicted molar refractivity (Wildman–Crippen MR) is 80.5 cm³/mol. The minimum atomic E-state index is -0.186. The first-order valence-corrected chi connectivity index (χ1v) is 6.51. The summed E-state index contributed by atoms with van der Waals surface area (Å²) < 4.78 is 9.97. The number of hydrogen-bond acceptors (Lipinski definition) is 4. The van der Waals surface area contributed by atoms with Crippen LogP contribution in [-0.4, -0.2) is 38.4 Å². The van der Waals surface area contributed by atoms with Crippen molar-refractivity contribution in [2.75, 3.05) is 27.4 Å². The van der Waals surface area contributed by atoms with Crippen molar-refractivity contribution in [1.82, 2.24) is 16.2 Å². The molecule has 1 aromatic rings. The van der Waals surface area contributed by atoms with Crippen LogP contribution in [0.25, 0.3) is 0 Å². The van der Waals surface area contributed by atoms with Gasteiger partial charge < -0.3 is 14.8 Å². The van der Waals surface area contributed by atoms with Crippen LogP contribution in [0.1, 0.15) is 5.56 Å². The summed E-state index contributed by atoms with van der Waals surface area (Å²) in [6.07, 6.45) is 0.241. The Bertz CT molecular complexity index is 454. The van der Waals surface area contributed by atoms with E-state index in [0.717, 1.165) is 11.3 Å². The Morgan fingerprint density at radius 1 is 1.30 bits per heavy atom. The molecule has 20 heavy (non-hydrogen) atoms. The monoisotopic (exact) mass is 297 g/mol.